The molecule has 0 spiro atoms. The Bertz CT molecular complexity index is 870. The second-order valence-corrected chi connectivity index (χ2v) is 5.53. The first-order chi connectivity index (χ1) is 10.7. The van der Waals surface area contributed by atoms with Gasteiger partial charge in [-0.15, -0.1) is 10.2 Å². The SMILES string of the molecule is Cc1ccn2c(C(=O)N[C@H]3CCc4ccccc43)nnc2n1. The van der Waals surface area contributed by atoms with Crippen molar-refractivity contribution in [2.75, 3.05) is 0 Å². The molecule has 22 heavy (non-hydrogen) atoms. The minimum Gasteiger partial charge on any atom is -0.342 e. The summed E-state index contributed by atoms with van der Waals surface area (Å²) in [7, 11) is 0. The van der Waals surface area contributed by atoms with E-state index in [0.29, 0.717) is 5.78 Å². The van der Waals surface area contributed by atoms with Crippen molar-refractivity contribution in [3.05, 3.63) is 59.2 Å². The number of carbonyl (C=O) groups excluding carboxylic acids is 1. The number of benzene rings is 1. The van der Waals surface area contributed by atoms with Crippen LogP contribution in [0.15, 0.2) is 36.5 Å². The quantitative estimate of drug-likeness (QED) is 0.782. The molecule has 6 heteroatoms. The van der Waals surface area contributed by atoms with Crippen LogP contribution >= 0.6 is 0 Å². The molecule has 1 aromatic carbocycles. The second kappa shape index (κ2) is 4.91. The van der Waals surface area contributed by atoms with Gasteiger partial charge in [0.1, 0.15) is 0 Å². The van der Waals surface area contributed by atoms with Crippen molar-refractivity contribution in [1.29, 1.82) is 0 Å². The van der Waals surface area contributed by atoms with Crippen LogP contribution in [0.2, 0.25) is 0 Å². The van der Waals surface area contributed by atoms with E-state index in [1.807, 2.05) is 25.1 Å². The van der Waals surface area contributed by atoms with Crippen molar-refractivity contribution in [2.45, 2.75) is 25.8 Å². The van der Waals surface area contributed by atoms with E-state index in [1.54, 1.807) is 10.6 Å². The van der Waals surface area contributed by atoms with Crippen LogP contribution in [0.25, 0.3) is 5.78 Å². The lowest BCUT2D eigenvalue weighted by molar-refractivity contribution is 0.0925. The third-order valence-corrected chi connectivity index (χ3v) is 4.06. The molecule has 1 aliphatic rings. The molecule has 0 saturated carbocycles. The van der Waals surface area contributed by atoms with Gasteiger partial charge < -0.3 is 5.32 Å². The van der Waals surface area contributed by atoms with E-state index in [0.717, 1.165) is 18.5 Å². The lowest BCUT2D eigenvalue weighted by Crippen LogP contribution is -2.28. The smallest absolute Gasteiger partial charge is 0.290 e. The number of aryl methyl sites for hydroxylation is 2. The van der Waals surface area contributed by atoms with Gasteiger partial charge in [0.25, 0.3) is 11.7 Å². The van der Waals surface area contributed by atoms with Gasteiger partial charge in [-0.3, -0.25) is 9.20 Å². The van der Waals surface area contributed by atoms with Crippen molar-refractivity contribution in [2.24, 2.45) is 0 Å². The van der Waals surface area contributed by atoms with E-state index >= 15 is 0 Å². The summed E-state index contributed by atoms with van der Waals surface area (Å²) < 4.78 is 1.61. The van der Waals surface area contributed by atoms with Gasteiger partial charge in [0, 0.05) is 11.9 Å². The van der Waals surface area contributed by atoms with Crippen LogP contribution in [0.4, 0.5) is 0 Å². The number of hydrogen-bond donors (Lipinski definition) is 1. The molecule has 0 unspecified atom stereocenters. The maximum absolute atomic E-state index is 12.5. The standard InChI is InChI=1S/C16H15N5O/c1-10-8-9-21-14(19-20-16(21)17-10)15(22)18-13-7-6-11-4-2-3-5-12(11)13/h2-5,8-9,13H,6-7H2,1H3,(H,18,22)/t13-/m0/s1. The Kier molecular flexibility index (Phi) is 2.89. The average Bonchev–Trinajstić information content (AvgIpc) is 3.11. The minimum absolute atomic E-state index is 0.0365. The van der Waals surface area contributed by atoms with E-state index in [-0.39, 0.29) is 17.8 Å². The highest BCUT2D eigenvalue weighted by Gasteiger charge is 2.25. The first-order valence-corrected chi connectivity index (χ1v) is 7.29. The Hall–Kier alpha value is -2.76. The van der Waals surface area contributed by atoms with Crippen molar-refractivity contribution in [3.8, 4) is 0 Å². The van der Waals surface area contributed by atoms with E-state index in [9.17, 15) is 4.79 Å². The highest BCUT2D eigenvalue weighted by Crippen LogP contribution is 2.30. The van der Waals surface area contributed by atoms with Crippen LogP contribution in [0.3, 0.4) is 0 Å². The van der Waals surface area contributed by atoms with Gasteiger partial charge in [0.15, 0.2) is 0 Å². The number of aromatic nitrogens is 4. The predicted octanol–water partition coefficient (Wildman–Crippen LogP) is 1.85. The third kappa shape index (κ3) is 2.04. The number of amides is 1. The Labute approximate surface area is 127 Å². The molecule has 1 amide bonds. The second-order valence-electron chi connectivity index (χ2n) is 5.53. The number of fused-ring (bicyclic) bond motifs is 2. The maximum Gasteiger partial charge on any atom is 0.290 e. The van der Waals surface area contributed by atoms with Crippen LogP contribution < -0.4 is 5.32 Å². The fraction of sp³-hybridized carbons (Fsp3) is 0.250. The Morgan fingerprint density at radius 2 is 2.14 bits per heavy atom. The number of nitrogens with one attached hydrogen (secondary N) is 1. The Balaban J connectivity index is 1.62. The summed E-state index contributed by atoms with van der Waals surface area (Å²) in [4.78, 5) is 16.8. The topological polar surface area (TPSA) is 72.2 Å². The van der Waals surface area contributed by atoms with Crippen LogP contribution in [0.1, 0.15) is 39.9 Å². The molecule has 0 aliphatic heterocycles. The molecule has 2 aromatic heterocycles. The predicted molar refractivity (Wildman–Crippen MR) is 80.5 cm³/mol. The van der Waals surface area contributed by atoms with Gasteiger partial charge in [0.05, 0.1) is 6.04 Å². The van der Waals surface area contributed by atoms with Crippen molar-refractivity contribution in [3.63, 3.8) is 0 Å². The lowest BCUT2D eigenvalue weighted by Gasteiger charge is -2.13. The zero-order chi connectivity index (χ0) is 15.1. The molecule has 0 radical (unpaired) electrons. The van der Waals surface area contributed by atoms with Gasteiger partial charge in [-0.05, 0) is 37.0 Å². The summed E-state index contributed by atoms with van der Waals surface area (Å²) in [6, 6.07) is 10.1. The molecule has 1 atom stereocenters. The fourth-order valence-electron chi connectivity index (χ4n) is 2.96. The molecular weight excluding hydrogens is 278 g/mol. The number of rotatable bonds is 2. The van der Waals surface area contributed by atoms with Crippen molar-refractivity contribution in [1.82, 2.24) is 24.9 Å². The summed E-state index contributed by atoms with van der Waals surface area (Å²) >= 11 is 0. The lowest BCUT2D eigenvalue weighted by atomic mass is 10.1. The van der Waals surface area contributed by atoms with E-state index < -0.39 is 0 Å². The van der Waals surface area contributed by atoms with E-state index in [2.05, 4.69) is 32.6 Å². The highest BCUT2D eigenvalue weighted by atomic mass is 16.2. The molecule has 2 heterocycles. The van der Waals surface area contributed by atoms with E-state index in [4.69, 9.17) is 0 Å². The molecule has 110 valence electrons. The number of nitrogens with zero attached hydrogens (tertiary/aromatic N) is 4. The molecular formula is C16H15N5O. The zero-order valence-corrected chi connectivity index (χ0v) is 12.2. The molecule has 0 saturated heterocycles. The molecule has 0 fully saturated rings. The number of carbonyl (C=O) groups is 1. The molecule has 1 aliphatic carbocycles. The van der Waals surface area contributed by atoms with Gasteiger partial charge in [-0.25, -0.2) is 4.98 Å². The van der Waals surface area contributed by atoms with Crippen LogP contribution in [-0.4, -0.2) is 25.5 Å². The normalized spacial score (nSPS) is 16.7. The van der Waals surface area contributed by atoms with Crippen LogP contribution in [0.5, 0.6) is 0 Å². The largest absolute Gasteiger partial charge is 0.342 e. The monoisotopic (exact) mass is 293 g/mol. The van der Waals surface area contributed by atoms with Crippen LogP contribution in [0, 0.1) is 6.92 Å². The van der Waals surface area contributed by atoms with E-state index in [1.165, 1.54) is 11.1 Å². The van der Waals surface area contributed by atoms with Crippen molar-refractivity contribution < 1.29 is 4.79 Å². The van der Waals surface area contributed by atoms with Gasteiger partial charge in [0.2, 0.25) is 5.82 Å². The summed E-state index contributed by atoms with van der Waals surface area (Å²) in [5, 5.41) is 11.0. The summed E-state index contributed by atoms with van der Waals surface area (Å²) in [6.07, 6.45) is 3.68. The van der Waals surface area contributed by atoms with Gasteiger partial charge >= 0.3 is 0 Å². The third-order valence-electron chi connectivity index (χ3n) is 4.06. The minimum atomic E-state index is -0.222. The Morgan fingerprint density at radius 1 is 1.27 bits per heavy atom. The fourth-order valence-corrected chi connectivity index (χ4v) is 2.96. The van der Waals surface area contributed by atoms with Gasteiger partial charge in [-0.2, -0.15) is 0 Å². The summed E-state index contributed by atoms with van der Waals surface area (Å²) in [6.45, 7) is 1.88. The Morgan fingerprint density at radius 3 is 3.05 bits per heavy atom. The molecule has 4 rings (SSSR count). The molecule has 0 bridgehead atoms. The first kappa shape index (κ1) is 12.9. The zero-order valence-electron chi connectivity index (χ0n) is 12.2. The first-order valence-electron chi connectivity index (χ1n) is 7.29. The molecule has 6 nitrogen and oxygen atoms in total. The maximum atomic E-state index is 12.5. The molecule has 1 N–H and O–H groups in total. The molecule has 3 aromatic rings. The summed E-state index contributed by atoms with van der Waals surface area (Å²) in [5.74, 6) is 0.490. The number of hydrogen-bond acceptors (Lipinski definition) is 4. The van der Waals surface area contributed by atoms with Gasteiger partial charge in [-0.1, -0.05) is 24.3 Å². The summed E-state index contributed by atoms with van der Waals surface area (Å²) in [5.41, 5.74) is 3.34. The van der Waals surface area contributed by atoms with Crippen molar-refractivity contribution >= 4 is 11.7 Å². The highest BCUT2D eigenvalue weighted by molar-refractivity contribution is 5.91. The average molecular weight is 293 g/mol. The van der Waals surface area contributed by atoms with Crippen LogP contribution in [-0.2, 0) is 6.42 Å².